The van der Waals surface area contributed by atoms with Crippen molar-refractivity contribution in [2.75, 3.05) is 24.5 Å². The number of hydrogen-bond acceptors (Lipinski definition) is 5. The number of halogens is 3. The first-order valence-electron chi connectivity index (χ1n) is 11.0. The van der Waals surface area contributed by atoms with E-state index in [0.29, 0.717) is 23.6 Å². The van der Waals surface area contributed by atoms with E-state index in [1.54, 1.807) is 36.5 Å². The number of anilines is 1. The number of piperidine rings is 1. The van der Waals surface area contributed by atoms with Crippen LogP contribution in [0.15, 0.2) is 60.4 Å². The van der Waals surface area contributed by atoms with Gasteiger partial charge in [0.1, 0.15) is 29.3 Å². The van der Waals surface area contributed by atoms with Gasteiger partial charge in [0, 0.05) is 49.9 Å². The second-order valence-corrected chi connectivity index (χ2v) is 8.14. The lowest BCUT2D eigenvalue weighted by molar-refractivity contribution is -0.116. The zero-order valence-electron chi connectivity index (χ0n) is 19.0. The Balaban J connectivity index is 1.60. The standard InChI is InChI=1S/C25H29F3N4O2/c1-17(33)32(16-23-24(27)12-19(26)13-25(23)28)20-2-4-21(5-3-20)34-22-7-10-31(11-8-22)15-18(14-30)6-9-29/h2-6,9,12-14,22H,7-8,10-11,15-16,29-30H2,1H3/b9-6-,18-14+. The van der Waals surface area contributed by atoms with Gasteiger partial charge in [0.15, 0.2) is 0 Å². The third-order valence-corrected chi connectivity index (χ3v) is 5.72. The van der Waals surface area contributed by atoms with E-state index in [2.05, 4.69) is 4.90 Å². The normalized spacial score (nSPS) is 15.6. The third-order valence-electron chi connectivity index (χ3n) is 5.72. The number of carbonyl (C=O) groups excluding carboxylic acids is 1. The van der Waals surface area contributed by atoms with E-state index >= 15 is 0 Å². The summed E-state index contributed by atoms with van der Waals surface area (Å²) in [4.78, 5) is 15.7. The number of nitrogens with zero attached hydrogens (tertiary/aromatic N) is 2. The molecule has 34 heavy (non-hydrogen) atoms. The van der Waals surface area contributed by atoms with Crippen LogP contribution in [0.25, 0.3) is 0 Å². The predicted molar refractivity (Wildman–Crippen MR) is 125 cm³/mol. The van der Waals surface area contributed by atoms with E-state index in [1.807, 2.05) is 0 Å². The molecule has 1 aliphatic rings. The van der Waals surface area contributed by atoms with Crippen LogP contribution in [-0.4, -0.2) is 36.5 Å². The molecule has 1 saturated heterocycles. The number of likely N-dealkylation sites (tertiary alicyclic amines) is 1. The third kappa shape index (κ3) is 6.54. The Bertz CT molecular complexity index is 1030. The monoisotopic (exact) mass is 474 g/mol. The van der Waals surface area contributed by atoms with E-state index in [4.69, 9.17) is 16.2 Å². The number of rotatable bonds is 8. The van der Waals surface area contributed by atoms with Gasteiger partial charge >= 0.3 is 0 Å². The van der Waals surface area contributed by atoms with Crippen molar-refractivity contribution in [3.8, 4) is 5.75 Å². The van der Waals surface area contributed by atoms with Gasteiger partial charge in [-0.2, -0.15) is 0 Å². The van der Waals surface area contributed by atoms with Gasteiger partial charge < -0.3 is 21.1 Å². The molecule has 0 atom stereocenters. The maximum Gasteiger partial charge on any atom is 0.224 e. The van der Waals surface area contributed by atoms with Crippen molar-refractivity contribution < 1.29 is 22.7 Å². The fourth-order valence-corrected chi connectivity index (χ4v) is 3.89. The van der Waals surface area contributed by atoms with Gasteiger partial charge in [-0.1, -0.05) is 0 Å². The summed E-state index contributed by atoms with van der Waals surface area (Å²) < 4.78 is 47.4. The van der Waals surface area contributed by atoms with Gasteiger partial charge in [0.05, 0.1) is 6.54 Å². The first kappa shape index (κ1) is 25.2. The van der Waals surface area contributed by atoms with E-state index in [-0.39, 0.29) is 18.2 Å². The molecule has 0 aromatic heterocycles. The Morgan fingerprint density at radius 2 is 1.74 bits per heavy atom. The van der Waals surface area contributed by atoms with Crippen LogP contribution in [0.1, 0.15) is 25.3 Å². The van der Waals surface area contributed by atoms with Crippen LogP contribution in [-0.2, 0) is 11.3 Å². The van der Waals surface area contributed by atoms with Crippen LogP contribution in [0.3, 0.4) is 0 Å². The lowest BCUT2D eigenvalue weighted by Crippen LogP contribution is -2.39. The topological polar surface area (TPSA) is 84.8 Å². The number of amides is 1. The van der Waals surface area contributed by atoms with E-state index in [1.165, 1.54) is 18.0 Å². The molecule has 1 fully saturated rings. The van der Waals surface area contributed by atoms with Crippen molar-refractivity contribution in [3.05, 3.63) is 83.5 Å². The van der Waals surface area contributed by atoms with Gasteiger partial charge in [0.25, 0.3) is 0 Å². The molecule has 6 nitrogen and oxygen atoms in total. The minimum atomic E-state index is -1.04. The molecule has 0 unspecified atom stereocenters. The minimum Gasteiger partial charge on any atom is -0.490 e. The van der Waals surface area contributed by atoms with Gasteiger partial charge in [-0.25, -0.2) is 13.2 Å². The van der Waals surface area contributed by atoms with E-state index < -0.39 is 23.4 Å². The molecule has 0 radical (unpaired) electrons. The minimum absolute atomic E-state index is 0.0452. The summed E-state index contributed by atoms with van der Waals surface area (Å²) in [5.41, 5.74) is 12.1. The maximum atomic E-state index is 14.1. The molecule has 9 heteroatoms. The van der Waals surface area contributed by atoms with Gasteiger partial charge in [-0.15, -0.1) is 0 Å². The molecule has 1 amide bonds. The Kier molecular flexibility index (Phi) is 8.59. The number of benzene rings is 2. The van der Waals surface area contributed by atoms with Gasteiger partial charge in [-0.3, -0.25) is 9.69 Å². The summed E-state index contributed by atoms with van der Waals surface area (Å²) in [5, 5.41) is 0. The Hall–Kier alpha value is -3.46. The van der Waals surface area contributed by atoms with Crippen molar-refractivity contribution in [1.29, 1.82) is 0 Å². The predicted octanol–water partition coefficient (Wildman–Crippen LogP) is 3.82. The van der Waals surface area contributed by atoms with Crippen molar-refractivity contribution in [1.82, 2.24) is 4.90 Å². The van der Waals surface area contributed by atoms with Gasteiger partial charge in [-0.05, 0) is 61.2 Å². The average Bonchev–Trinajstić information content (AvgIpc) is 2.80. The molecule has 1 heterocycles. The highest BCUT2D eigenvalue weighted by Crippen LogP contribution is 2.26. The zero-order chi connectivity index (χ0) is 24.7. The molecule has 0 spiro atoms. The van der Waals surface area contributed by atoms with Gasteiger partial charge in [0.2, 0.25) is 5.91 Å². The van der Waals surface area contributed by atoms with Crippen LogP contribution in [0.2, 0.25) is 0 Å². The number of ether oxygens (including phenoxy) is 1. The Morgan fingerprint density at radius 3 is 2.26 bits per heavy atom. The summed E-state index contributed by atoms with van der Waals surface area (Å²) >= 11 is 0. The maximum absolute atomic E-state index is 14.1. The summed E-state index contributed by atoms with van der Waals surface area (Å²) in [6.07, 6.45) is 6.54. The van der Waals surface area contributed by atoms with Crippen molar-refractivity contribution in [2.45, 2.75) is 32.4 Å². The van der Waals surface area contributed by atoms with Crippen LogP contribution < -0.4 is 21.1 Å². The molecule has 182 valence electrons. The van der Waals surface area contributed by atoms with E-state index in [9.17, 15) is 18.0 Å². The molecular formula is C25H29F3N4O2. The molecule has 1 aliphatic heterocycles. The molecule has 2 aromatic rings. The van der Waals surface area contributed by atoms with Crippen molar-refractivity contribution in [2.24, 2.45) is 11.5 Å². The summed E-state index contributed by atoms with van der Waals surface area (Å²) in [6, 6.07) is 7.94. The fraction of sp³-hybridized carbons (Fsp3) is 0.320. The Labute approximate surface area is 197 Å². The summed E-state index contributed by atoms with van der Waals surface area (Å²) in [7, 11) is 0. The SMILES string of the molecule is CC(=O)N(Cc1c(F)cc(F)cc1F)c1ccc(OC2CCN(CC(/C=C\N)=C/N)CC2)cc1. The number of carbonyl (C=O) groups is 1. The second-order valence-electron chi connectivity index (χ2n) is 8.14. The lowest BCUT2D eigenvalue weighted by atomic mass is 10.1. The summed E-state index contributed by atoms with van der Waals surface area (Å²) in [5.74, 6) is -2.85. The van der Waals surface area contributed by atoms with Crippen LogP contribution in [0.5, 0.6) is 5.75 Å². The van der Waals surface area contributed by atoms with E-state index in [0.717, 1.165) is 38.0 Å². The van der Waals surface area contributed by atoms with Crippen molar-refractivity contribution in [3.63, 3.8) is 0 Å². The molecule has 3 rings (SSSR count). The molecular weight excluding hydrogens is 445 g/mol. The van der Waals surface area contributed by atoms with Crippen LogP contribution >= 0.6 is 0 Å². The van der Waals surface area contributed by atoms with Crippen LogP contribution in [0, 0.1) is 17.5 Å². The quantitative estimate of drug-likeness (QED) is 0.569. The highest BCUT2D eigenvalue weighted by atomic mass is 19.1. The second kappa shape index (κ2) is 11.6. The molecule has 2 aromatic carbocycles. The molecule has 0 aliphatic carbocycles. The van der Waals surface area contributed by atoms with Crippen LogP contribution in [0.4, 0.5) is 18.9 Å². The largest absolute Gasteiger partial charge is 0.490 e. The Morgan fingerprint density at radius 1 is 1.12 bits per heavy atom. The fourth-order valence-electron chi connectivity index (χ4n) is 3.89. The zero-order valence-corrected chi connectivity index (χ0v) is 19.0. The lowest BCUT2D eigenvalue weighted by Gasteiger charge is -2.32. The smallest absolute Gasteiger partial charge is 0.224 e. The molecule has 4 N–H and O–H groups in total. The highest BCUT2D eigenvalue weighted by molar-refractivity contribution is 5.91. The number of nitrogens with two attached hydrogens (primary N) is 2. The van der Waals surface area contributed by atoms with Crippen molar-refractivity contribution >= 4 is 11.6 Å². The first-order valence-corrected chi connectivity index (χ1v) is 11.0. The first-order chi connectivity index (χ1) is 16.3. The highest BCUT2D eigenvalue weighted by Gasteiger charge is 2.22. The summed E-state index contributed by atoms with van der Waals surface area (Å²) in [6.45, 7) is 3.37. The molecule has 0 bridgehead atoms. The molecule has 0 saturated carbocycles. The number of hydrogen-bond donors (Lipinski definition) is 2. The average molecular weight is 475 g/mol.